The van der Waals surface area contributed by atoms with E-state index in [1.165, 1.54) is 0 Å². The number of Topliss-reactive ketones (excluding diaryl/α,β-unsaturated/α-hetero) is 1. The Balaban J connectivity index is 1.97. The topological polar surface area (TPSA) is 53.4 Å². The van der Waals surface area contributed by atoms with Crippen LogP contribution >= 0.6 is 0 Å². The molecule has 0 unspecified atom stereocenters. The van der Waals surface area contributed by atoms with E-state index in [1.807, 2.05) is 45.9 Å². The number of aromatic nitrogens is 2. The molecular weight excluding hydrogens is 279 g/mol. The number of carbonyl (C=O) groups excluding carboxylic acids is 1. The van der Waals surface area contributed by atoms with Crippen molar-refractivity contribution in [2.75, 3.05) is 0 Å². The van der Waals surface area contributed by atoms with Crippen molar-refractivity contribution in [2.24, 2.45) is 0 Å². The molecule has 1 aliphatic heterocycles. The molecular formula is C16H21BN2O3. The van der Waals surface area contributed by atoms with Crippen LogP contribution in [-0.4, -0.2) is 33.9 Å². The molecule has 22 heavy (non-hydrogen) atoms. The van der Waals surface area contributed by atoms with Crippen LogP contribution < -0.4 is 5.46 Å². The number of hydrogen-bond donors (Lipinski definition) is 0. The highest BCUT2D eigenvalue weighted by molar-refractivity contribution is 6.62. The molecule has 3 rings (SSSR count). The van der Waals surface area contributed by atoms with E-state index in [0.29, 0.717) is 0 Å². The van der Waals surface area contributed by atoms with Crippen LogP contribution in [0.3, 0.4) is 0 Å². The number of carbonyl (C=O) groups is 1. The quantitative estimate of drug-likeness (QED) is 0.813. The van der Waals surface area contributed by atoms with Crippen LogP contribution in [0.4, 0.5) is 0 Å². The number of fused-ring (bicyclic) bond motifs is 1. The van der Waals surface area contributed by atoms with E-state index in [-0.39, 0.29) is 23.5 Å². The molecule has 2 heterocycles. The summed E-state index contributed by atoms with van der Waals surface area (Å²) in [6, 6.07) is 5.97. The second kappa shape index (κ2) is 4.93. The average molecular weight is 300 g/mol. The highest BCUT2D eigenvalue weighted by Crippen LogP contribution is 2.36. The van der Waals surface area contributed by atoms with Gasteiger partial charge in [-0.15, -0.1) is 0 Å². The van der Waals surface area contributed by atoms with Crippen molar-refractivity contribution in [2.45, 2.75) is 52.4 Å². The van der Waals surface area contributed by atoms with E-state index in [1.54, 1.807) is 17.8 Å². The fourth-order valence-electron chi connectivity index (χ4n) is 2.55. The van der Waals surface area contributed by atoms with Gasteiger partial charge in [-0.2, -0.15) is 5.10 Å². The Morgan fingerprint density at radius 1 is 1.23 bits per heavy atom. The smallest absolute Gasteiger partial charge is 0.399 e. The van der Waals surface area contributed by atoms with Crippen molar-refractivity contribution < 1.29 is 14.1 Å². The van der Waals surface area contributed by atoms with Gasteiger partial charge in [0.15, 0.2) is 5.78 Å². The van der Waals surface area contributed by atoms with Crippen LogP contribution in [0.5, 0.6) is 0 Å². The molecule has 0 atom stereocenters. The number of hydrogen-bond acceptors (Lipinski definition) is 4. The van der Waals surface area contributed by atoms with Crippen molar-refractivity contribution in [1.29, 1.82) is 0 Å². The molecule has 116 valence electrons. The predicted octanol–water partition coefficient (Wildman–Crippen LogP) is 1.92. The van der Waals surface area contributed by atoms with Gasteiger partial charge in [-0.3, -0.25) is 9.48 Å². The second-order valence-corrected chi connectivity index (χ2v) is 6.91. The maximum absolute atomic E-state index is 11.4. The van der Waals surface area contributed by atoms with E-state index in [2.05, 4.69) is 5.10 Å². The van der Waals surface area contributed by atoms with Crippen molar-refractivity contribution in [1.82, 2.24) is 9.78 Å². The molecule has 2 aromatic rings. The van der Waals surface area contributed by atoms with Crippen molar-refractivity contribution >= 4 is 29.3 Å². The van der Waals surface area contributed by atoms with E-state index < -0.39 is 7.12 Å². The van der Waals surface area contributed by atoms with Crippen molar-refractivity contribution in [3.05, 3.63) is 24.4 Å². The Morgan fingerprint density at radius 3 is 2.45 bits per heavy atom. The zero-order chi connectivity index (χ0) is 16.1. The predicted molar refractivity (Wildman–Crippen MR) is 86.1 cm³/mol. The largest absolute Gasteiger partial charge is 0.494 e. The molecule has 1 fully saturated rings. The Kier molecular flexibility index (Phi) is 3.42. The second-order valence-electron chi connectivity index (χ2n) is 6.91. The van der Waals surface area contributed by atoms with E-state index in [4.69, 9.17) is 9.31 Å². The summed E-state index contributed by atoms with van der Waals surface area (Å²) in [6.45, 7) is 9.97. The lowest BCUT2D eigenvalue weighted by Crippen LogP contribution is -2.41. The van der Waals surface area contributed by atoms with Gasteiger partial charge in [0.1, 0.15) is 0 Å². The van der Waals surface area contributed by atoms with E-state index >= 15 is 0 Å². The SMILES string of the molecule is CC(=O)Cn1ncc2ccc(B3OC(C)(C)C(C)(C)O3)cc21. The zero-order valence-electron chi connectivity index (χ0n) is 13.7. The number of ketones is 1. The summed E-state index contributed by atoms with van der Waals surface area (Å²) >= 11 is 0. The van der Waals surface area contributed by atoms with Crippen LogP contribution in [0.1, 0.15) is 34.6 Å². The van der Waals surface area contributed by atoms with Crippen LogP contribution in [-0.2, 0) is 20.6 Å². The first-order chi connectivity index (χ1) is 10.2. The van der Waals surface area contributed by atoms with Crippen LogP contribution in [0.25, 0.3) is 10.9 Å². The molecule has 0 bridgehead atoms. The fourth-order valence-corrected chi connectivity index (χ4v) is 2.55. The minimum atomic E-state index is -0.407. The highest BCUT2D eigenvalue weighted by Gasteiger charge is 2.51. The molecule has 0 aliphatic carbocycles. The lowest BCUT2D eigenvalue weighted by atomic mass is 9.79. The molecule has 0 spiro atoms. The molecule has 0 N–H and O–H groups in total. The van der Waals surface area contributed by atoms with Crippen molar-refractivity contribution in [3.8, 4) is 0 Å². The van der Waals surface area contributed by atoms with Crippen LogP contribution in [0.2, 0.25) is 0 Å². The third-order valence-electron chi connectivity index (χ3n) is 4.57. The van der Waals surface area contributed by atoms with Crippen LogP contribution in [0, 0.1) is 0 Å². The van der Waals surface area contributed by atoms with Gasteiger partial charge in [-0.05, 0) is 46.1 Å². The Hall–Kier alpha value is -1.66. The number of rotatable bonds is 3. The molecule has 0 amide bonds. The summed E-state index contributed by atoms with van der Waals surface area (Å²) < 4.78 is 13.9. The van der Waals surface area contributed by atoms with Gasteiger partial charge in [0.25, 0.3) is 0 Å². The molecule has 0 saturated carbocycles. The Bertz CT molecular complexity index is 720. The summed E-state index contributed by atoms with van der Waals surface area (Å²) in [4.78, 5) is 11.4. The maximum Gasteiger partial charge on any atom is 0.494 e. The standard InChI is InChI=1S/C16H21BN2O3/c1-11(20)10-19-14-8-13(7-6-12(14)9-18-19)17-21-15(2,3)16(4,5)22-17/h6-9H,10H2,1-5H3. The van der Waals surface area contributed by atoms with Gasteiger partial charge < -0.3 is 9.31 Å². The normalized spacial score (nSPS) is 19.8. The summed E-state index contributed by atoms with van der Waals surface area (Å²) in [7, 11) is -0.407. The average Bonchev–Trinajstić information content (AvgIpc) is 2.88. The minimum Gasteiger partial charge on any atom is -0.399 e. The Morgan fingerprint density at radius 2 is 1.86 bits per heavy atom. The first kappa shape index (κ1) is 15.2. The molecule has 5 nitrogen and oxygen atoms in total. The number of benzene rings is 1. The minimum absolute atomic E-state index is 0.0750. The van der Waals surface area contributed by atoms with E-state index in [9.17, 15) is 4.79 Å². The lowest BCUT2D eigenvalue weighted by molar-refractivity contribution is -0.117. The van der Waals surface area contributed by atoms with Gasteiger partial charge in [-0.25, -0.2) is 0 Å². The molecule has 1 aromatic heterocycles. The summed E-state index contributed by atoms with van der Waals surface area (Å²) in [6.07, 6.45) is 1.77. The van der Waals surface area contributed by atoms with Gasteiger partial charge in [0, 0.05) is 5.39 Å². The maximum atomic E-state index is 11.4. The highest BCUT2D eigenvalue weighted by atomic mass is 16.7. The zero-order valence-corrected chi connectivity index (χ0v) is 13.7. The monoisotopic (exact) mass is 300 g/mol. The lowest BCUT2D eigenvalue weighted by Gasteiger charge is -2.32. The van der Waals surface area contributed by atoms with Gasteiger partial charge in [-0.1, -0.05) is 12.1 Å². The molecule has 1 saturated heterocycles. The summed E-state index contributed by atoms with van der Waals surface area (Å²) in [5.41, 5.74) is 1.12. The molecule has 6 heteroatoms. The first-order valence-electron chi connectivity index (χ1n) is 7.50. The third-order valence-corrected chi connectivity index (χ3v) is 4.57. The molecule has 1 aromatic carbocycles. The van der Waals surface area contributed by atoms with Gasteiger partial charge >= 0.3 is 7.12 Å². The molecule has 1 aliphatic rings. The number of nitrogens with zero attached hydrogens (tertiary/aromatic N) is 2. The van der Waals surface area contributed by atoms with Gasteiger partial charge in [0.2, 0.25) is 0 Å². The Labute approximate surface area is 130 Å². The summed E-state index contributed by atoms with van der Waals surface area (Å²) in [5.74, 6) is 0.0750. The summed E-state index contributed by atoms with van der Waals surface area (Å²) in [5, 5.41) is 5.28. The fraction of sp³-hybridized carbons (Fsp3) is 0.500. The molecule has 0 radical (unpaired) electrons. The third kappa shape index (κ3) is 2.46. The van der Waals surface area contributed by atoms with Crippen molar-refractivity contribution in [3.63, 3.8) is 0 Å². The first-order valence-corrected chi connectivity index (χ1v) is 7.50. The van der Waals surface area contributed by atoms with E-state index in [0.717, 1.165) is 16.4 Å². The van der Waals surface area contributed by atoms with Crippen LogP contribution in [0.15, 0.2) is 24.4 Å². The van der Waals surface area contributed by atoms with Gasteiger partial charge in [0.05, 0.1) is 29.5 Å².